The Kier molecular flexibility index (Phi) is 3.09. The number of pyridine rings is 1. The second kappa shape index (κ2) is 4.10. The third-order valence-corrected chi connectivity index (χ3v) is 2.24. The van der Waals surface area contributed by atoms with Crippen LogP contribution in [0.15, 0.2) is 18.5 Å². The molecular weight excluding hydrogens is 148 g/mol. The minimum absolute atomic E-state index is 0.612. The molecular formula is C10H16N2. The zero-order valence-electron chi connectivity index (χ0n) is 7.75. The highest BCUT2D eigenvalue weighted by atomic mass is 14.7. The van der Waals surface area contributed by atoms with Crippen molar-refractivity contribution in [3.8, 4) is 0 Å². The first-order chi connectivity index (χ1) is 5.77. The summed E-state index contributed by atoms with van der Waals surface area (Å²) in [5, 5.41) is 0. The Morgan fingerprint density at radius 2 is 2.00 bits per heavy atom. The van der Waals surface area contributed by atoms with Gasteiger partial charge in [0.25, 0.3) is 0 Å². The second-order valence-electron chi connectivity index (χ2n) is 3.07. The lowest BCUT2D eigenvalue weighted by Gasteiger charge is -2.11. The van der Waals surface area contributed by atoms with Crippen molar-refractivity contribution in [2.75, 3.05) is 5.73 Å². The number of nitrogens with two attached hydrogens (primary N) is 1. The Morgan fingerprint density at radius 3 is 2.50 bits per heavy atom. The maximum Gasteiger partial charge on any atom is 0.0503 e. The lowest BCUT2D eigenvalue weighted by Crippen LogP contribution is -1.97. The van der Waals surface area contributed by atoms with E-state index in [4.69, 9.17) is 5.73 Å². The van der Waals surface area contributed by atoms with Crippen LogP contribution < -0.4 is 5.73 Å². The summed E-state index contributed by atoms with van der Waals surface area (Å²) in [6.07, 6.45) is 5.91. The van der Waals surface area contributed by atoms with Gasteiger partial charge in [0, 0.05) is 12.4 Å². The normalized spacial score (nSPS) is 10.6. The first-order valence-corrected chi connectivity index (χ1v) is 4.48. The molecule has 1 rings (SSSR count). The molecule has 2 heteroatoms. The third kappa shape index (κ3) is 1.97. The molecule has 0 aliphatic carbocycles. The number of nitrogens with zero attached hydrogens (tertiary/aromatic N) is 1. The molecule has 0 aliphatic rings. The standard InChI is InChI=1S/C10H16N2/c1-3-8(4-2)9-5-10(11)7-12-6-9/h5-8H,3-4,11H2,1-2H3. The van der Waals surface area contributed by atoms with Gasteiger partial charge in [-0.25, -0.2) is 0 Å². The second-order valence-corrected chi connectivity index (χ2v) is 3.07. The van der Waals surface area contributed by atoms with E-state index < -0.39 is 0 Å². The fourth-order valence-electron chi connectivity index (χ4n) is 1.46. The molecule has 1 heterocycles. The maximum absolute atomic E-state index is 5.64. The largest absolute Gasteiger partial charge is 0.397 e. The van der Waals surface area contributed by atoms with Crippen LogP contribution >= 0.6 is 0 Å². The van der Waals surface area contributed by atoms with Crippen molar-refractivity contribution < 1.29 is 0 Å². The summed E-state index contributed by atoms with van der Waals surface area (Å²) in [5.74, 6) is 0.612. The lowest BCUT2D eigenvalue weighted by atomic mass is 9.95. The van der Waals surface area contributed by atoms with Crippen LogP contribution in [0.25, 0.3) is 0 Å². The predicted octanol–water partition coefficient (Wildman–Crippen LogP) is 2.57. The van der Waals surface area contributed by atoms with Crippen LogP contribution in [0.3, 0.4) is 0 Å². The summed E-state index contributed by atoms with van der Waals surface area (Å²) in [5.41, 5.74) is 7.67. The van der Waals surface area contributed by atoms with Gasteiger partial charge in [-0.15, -0.1) is 0 Å². The molecule has 12 heavy (non-hydrogen) atoms. The molecule has 2 nitrogen and oxygen atoms in total. The molecule has 0 saturated carbocycles. The molecule has 0 spiro atoms. The molecule has 0 radical (unpaired) electrons. The van der Waals surface area contributed by atoms with Crippen molar-refractivity contribution in [2.45, 2.75) is 32.6 Å². The molecule has 66 valence electrons. The fraction of sp³-hybridized carbons (Fsp3) is 0.500. The number of nitrogen functional groups attached to an aromatic ring is 1. The van der Waals surface area contributed by atoms with Crippen LogP contribution in [0.2, 0.25) is 0 Å². The highest BCUT2D eigenvalue weighted by molar-refractivity contribution is 5.38. The highest BCUT2D eigenvalue weighted by Crippen LogP contribution is 2.22. The average molecular weight is 164 g/mol. The lowest BCUT2D eigenvalue weighted by molar-refractivity contribution is 0.639. The minimum atomic E-state index is 0.612. The van der Waals surface area contributed by atoms with Crippen LogP contribution in [0.1, 0.15) is 38.2 Å². The van der Waals surface area contributed by atoms with Crippen LogP contribution in [-0.2, 0) is 0 Å². The van der Waals surface area contributed by atoms with Gasteiger partial charge in [0.1, 0.15) is 0 Å². The summed E-state index contributed by atoms with van der Waals surface area (Å²) in [6, 6.07) is 2.02. The van der Waals surface area contributed by atoms with Crippen molar-refractivity contribution in [1.29, 1.82) is 0 Å². The summed E-state index contributed by atoms with van der Waals surface area (Å²) in [7, 11) is 0. The highest BCUT2D eigenvalue weighted by Gasteiger charge is 2.06. The van der Waals surface area contributed by atoms with Crippen molar-refractivity contribution in [3.05, 3.63) is 24.0 Å². The van der Waals surface area contributed by atoms with Crippen LogP contribution in [0, 0.1) is 0 Å². The van der Waals surface area contributed by atoms with E-state index in [0.717, 1.165) is 18.5 Å². The van der Waals surface area contributed by atoms with Gasteiger partial charge in [0.2, 0.25) is 0 Å². The Hall–Kier alpha value is -1.05. The van der Waals surface area contributed by atoms with Gasteiger partial charge in [-0.05, 0) is 30.4 Å². The molecule has 0 atom stereocenters. The van der Waals surface area contributed by atoms with Gasteiger partial charge in [-0.1, -0.05) is 13.8 Å². The van der Waals surface area contributed by atoms with Gasteiger partial charge < -0.3 is 5.73 Å². The maximum atomic E-state index is 5.64. The van der Waals surface area contributed by atoms with E-state index in [1.807, 2.05) is 12.3 Å². The number of hydrogen-bond acceptors (Lipinski definition) is 2. The quantitative estimate of drug-likeness (QED) is 0.745. The zero-order chi connectivity index (χ0) is 8.97. The van der Waals surface area contributed by atoms with Crippen LogP contribution in [0.5, 0.6) is 0 Å². The first-order valence-electron chi connectivity index (χ1n) is 4.48. The van der Waals surface area contributed by atoms with E-state index in [-0.39, 0.29) is 0 Å². The molecule has 2 N–H and O–H groups in total. The zero-order valence-corrected chi connectivity index (χ0v) is 7.75. The summed E-state index contributed by atoms with van der Waals surface area (Å²) in [6.45, 7) is 4.38. The molecule has 1 aromatic heterocycles. The number of hydrogen-bond donors (Lipinski definition) is 1. The van der Waals surface area contributed by atoms with E-state index in [1.165, 1.54) is 5.56 Å². The Morgan fingerprint density at radius 1 is 1.33 bits per heavy atom. The monoisotopic (exact) mass is 164 g/mol. The molecule has 0 amide bonds. The topological polar surface area (TPSA) is 38.9 Å². The SMILES string of the molecule is CCC(CC)c1cncc(N)c1. The molecule has 0 fully saturated rings. The number of anilines is 1. The van der Waals surface area contributed by atoms with Gasteiger partial charge in [0.05, 0.1) is 5.69 Å². The van der Waals surface area contributed by atoms with E-state index in [0.29, 0.717) is 5.92 Å². The van der Waals surface area contributed by atoms with Gasteiger partial charge >= 0.3 is 0 Å². The van der Waals surface area contributed by atoms with Gasteiger partial charge in [-0.2, -0.15) is 0 Å². The third-order valence-electron chi connectivity index (χ3n) is 2.24. The number of rotatable bonds is 3. The summed E-state index contributed by atoms with van der Waals surface area (Å²) in [4.78, 5) is 4.08. The van der Waals surface area contributed by atoms with E-state index in [2.05, 4.69) is 18.8 Å². The average Bonchev–Trinajstić information content (AvgIpc) is 2.07. The summed E-state index contributed by atoms with van der Waals surface area (Å²) < 4.78 is 0. The predicted molar refractivity (Wildman–Crippen MR) is 52.0 cm³/mol. The van der Waals surface area contributed by atoms with Gasteiger partial charge in [-0.3, -0.25) is 4.98 Å². The van der Waals surface area contributed by atoms with Crippen molar-refractivity contribution in [2.24, 2.45) is 0 Å². The smallest absolute Gasteiger partial charge is 0.0503 e. The van der Waals surface area contributed by atoms with E-state index in [9.17, 15) is 0 Å². The van der Waals surface area contributed by atoms with Crippen molar-refractivity contribution in [3.63, 3.8) is 0 Å². The molecule has 0 saturated heterocycles. The summed E-state index contributed by atoms with van der Waals surface area (Å²) >= 11 is 0. The van der Waals surface area contributed by atoms with Gasteiger partial charge in [0.15, 0.2) is 0 Å². The van der Waals surface area contributed by atoms with Crippen molar-refractivity contribution >= 4 is 5.69 Å². The molecule has 1 aromatic rings. The first kappa shape index (κ1) is 9.04. The minimum Gasteiger partial charge on any atom is -0.397 e. The molecule has 0 bridgehead atoms. The Labute approximate surface area is 73.8 Å². The number of aromatic nitrogens is 1. The Balaban J connectivity index is 2.85. The Bertz CT molecular complexity index is 241. The van der Waals surface area contributed by atoms with Crippen molar-refractivity contribution in [1.82, 2.24) is 4.98 Å². The van der Waals surface area contributed by atoms with Crippen LogP contribution in [0.4, 0.5) is 5.69 Å². The fourth-order valence-corrected chi connectivity index (χ4v) is 1.46. The molecule has 0 aromatic carbocycles. The molecule has 0 aliphatic heterocycles. The van der Waals surface area contributed by atoms with E-state index in [1.54, 1.807) is 6.20 Å². The molecule has 0 unspecified atom stereocenters. The van der Waals surface area contributed by atoms with E-state index >= 15 is 0 Å². The van der Waals surface area contributed by atoms with Crippen LogP contribution in [-0.4, -0.2) is 4.98 Å².